The van der Waals surface area contributed by atoms with Gasteiger partial charge in [0, 0.05) is 30.1 Å². The van der Waals surface area contributed by atoms with Gasteiger partial charge in [0.1, 0.15) is 0 Å². The molecule has 1 amide bonds. The molecule has 19 heavy (non-hydrogen) atoms. The Hall–Kier alpha value is -1.61. The predicted molar refractivity (Wildman–Crippen MR) is 78.6 cm³/mol. The molecule has 0 radical (unpaired) electrons. The Morgan fingerprint density at radius 2 is 2.05 bits per heavy atom. The molecule has 0 aliphatic carbocycles. The number of benzene rings is 1. The monoisotopic (exact) mass is 276 g/mol. The third kappa shape index (κ3) is 2.56. The Labute approximate surface area is 118 Å². The molecule has 0 aliphatic heterocycles. The molecule has 1 heterocycles. The summed E-state index contributed by atoms with van der Waals surface area (Å²) in [6, 6.07) is 9.33. The summed E-state index contributed by atoms with van der Waals surface area (Å²) in [5.74, 6) is 0.349. The van der Waals surface area contributed by atoms with Gasteiger partial charge in [-0.3, -0.25) is 9.78 Å². The van der Waals surface area contributed by atoms with Gasteiger partial charge in [0.25, 0.3) is 5.91 Å². The number of fused-ring (bicyclic) bond motifs is 1. The van der Waals surface area contributed by atoms with E-state index in [-0.39, 0.29) is 11.4 Å². The van der Waals surface area contributed by atoms with Crippen LogP contribution in [0.2, 0.25) is 0 Å². The molecule has 1 aromatic heterocycles. The topological polar surface area (TPSA) is 33.2 Å². The maximum atomic E-state index is 12.6. The minimum absolute atomic E-state index is 0.0377. The van der Waals surface area contributed by atoms with Gasteiger partial charge in [-0.05, 0) is 32.0 Å². The van der Waals surface area contributed by atoms with Gasteiger partial charge in [0.05, 0.1) is 11.1 Å². The Morgan fingerprint density at radius 1 is 1.32 bits per heavy atom. The predicted octanol–water partition coefficient (Wildman–Crippen LogP) is 3.32. The highest BCUT2D eigenvalue weighted by molar-refractivity contribution is 6.19. The van der Waals surface area contributed by atoms with Crippen molar-refractivity contribution in [2.45, 2.75) is 19.4 Å². The minimum atomic E-state index is -0.386. The quantitative estimate of drug-likeness (QED) is 0.806. The van der Waals surface area contributed by atoms with Crippen LogP contribution in [0.25, 0.3) is 10.9 Å². The molecule has 3 nitrogen and oxygen atoms in total. The number of hydrogen-bond donors (Lipinski definition) is 0. The first-order valence-corrected chi connectivity index (χ1v) is 6.69. The molecule has 2 rings (SSSR count). The van der Waals surface area contributed by atoms with Gasteiger partial charge in [0.15, 0.2) is 0 Å². The molecule has 100 valence electrons. The van der Waals surface area contributed by atoms with Crippen LogP contribution in [-0.4, -0.2) is 34.3 Å². The zero-order valence-corrected chi connectivity index (χ0v) is 12.1. The first-order chi connectivity index (χ1) is 8.97. The summed E-state index contributed by atoms with van der Waals surface area (Å²) in [7, 11) is 1.78. The summed E-state index contributed by atoms with van der Waals surface area (Å²) in [4.78, 5) is 18.6. The van der Waals surface area contributed by atoms with Crippen molar-refractivity contribution in [2.75, 3.05) is 12.9 Å². The Kier molecular flexibility index (Phi) is 3.76. The largest absolute Gasteiger partial charge is 0.335 e. The summed E-state index contributed by atoms with van der Waals surface area (Å²) in [5, 5.41) is 0.868. The molecule has 0 saturated carbocycles. The van der Waals surface area contributed by atoms with Crippen LogP contribution < -0.4 is 0 Å². The van der Waals surface area contributed by atoms with E-state index in [0.717, 1.165) is 10.9 Å². The second-order valence-electron chi connectivity index (χ2n) is 5.19. The fourth-order valence-electron chi connectivity index (χ4n) is 1.84. The molecule has 1 aromatic carbocycles. The summed E-state index contributed by atoms with van der Waals surface area (Å²) in [6.45, 7) is 3.89. The number of hydrogen-bond acceptors (Lipinski definition) is 2. The van der Waals surface area contributed by atoms with Crippen molar-refractivity contribution in [3.63, 3.8) is 0 Å². The van der Waals surface area contributed by atoms with Crippen molar-refractivity contribution in [3.8, 4) is 0 Å². The van der Waals surface area contributed by atoms with E-state index in [4.69, 9.17) is 11.6 Å². The normalized spacial score (nSPS) is 11.6. The summed E-state index contributed by atoms with van der Waals surface area (Å²) in [6.07, 6.45) is 1.73. The molecule has 4 heteroatoms. The maximum absolute atomic E-state index is 12.6. The number of rotatable bonds is 3. The number of nitrogens with zero attached hydrogens (tertiary/aromatic N) is 2. The molecule has 0 fully saturated rings. The SMILES string of the molecule is CN(C(=O)c1cccc2ncccc12)C(C)(C)CCl. The first kappa shape index (κ1) is 13.8. The van der Waals surface area contributed by atoms with Crippen LogP contribution in [0, 0.1) is 0 Å². The second-order valence-corrected chi connectivity index (χ2v) is 5.45. The smallest absolute Gasteiger partial charge is 0.254 e. The van der Waals surface area contributed by atoms with Crippen molar-refractivity contribution in [1.29, 1.82) is 0 Å². The van der Waals surface area contributed by atoms with E-state index >= 15 is 0 Å². The molecule has 0 aliphatic rings. The zero-order valence-electron chi connectivity index (χ0n) is 11.4. The van der Waals surface area contributed by atoms with Gasteiger partial charge in [0.2, 0.25) is 0 Å². The number of alkyl halides is 1. The number of carbonyl (C=O) groups is 1. The van der Waals surface area contributed by atoms with Crippen LogP contribution in [0.1, 0.15) is 24.2 Å². The highest BCUT2D eigenvalue weighted by Crippen LogP contribution is 2.22. The van der Waals surface area contributed by atoms with E-state index in [0.29, 0.717) is 11.4 Å². The molecule has 0 unspecified atom stereocenters. The minimum Gasteiger partial charge on any atom is -0.335 e. The van der Waals surface area contributed by atoms with Crippen LogP contribution >= 0.6 is 11.6 Å². The van der Waals surface area contributed by atoms with E-state index < -0.39 is 0 Å². The van der Waals surface area contributed by atoms with Crippen LogP contribution in [-0.2, 0) is 0 Å². The van der Waals surface area contributed by atoms with Gasteiger partial charge >= 0.3 is 0 Å². The lowest BCUT2D eigenvalue weighted by molar-refractivity contribution is 0.0662. The van der Waals surface area contributed by atoms with E-state index in [2.05, 4.69) is 4.98 Å². The fourth-order valence-corrected chi connectivity index (χ4v) is 2.01. The standard InChI is InChI=1S/C15H17ClN2O/c1-15(2,10-16)18(3)14(19)12-6-4-8-13-11(12)7-5-9-17-13/h4-9H,10H2,1-3H3. The molecule has 0 saturated heterocycles. The first-order valence-electron chi connectivity index (χ1n) is 6.15. The van der Waals surface area contributed by atoms with Gasteiger partial charge < -0.3 is 4.90 Å². The third-order valence-corrected chi connectivity index (χ3v) is 4.07. The van der Waals surface area contributed by atoms with Gasteiger partial charge in [-0.25, -0.2) is 0 Å². The highest BCUT2D eigenvalue weighted by Gasteiger charge is 2.28. The number of carbonyl (C=O) groups excluding carboxylic acids is 1. The lowest BCUT2D eigenvalue weighted by atomic mass is 10.0. The molecular formula is C15H17ClN2O. The molecule has 0 spiro atoms. The van der Waals surface area contributed by atoms with E-state index in [1.165, 1.54) is 0 Å². The van der Waals surface area contributed by atoms with Crippen LogP contribution in [0.4, 0.5) is 0 Å². The van der Waals surface area contributed by atoms with Crippen LogP contribution in [0.5, 0.6) is 0 Å². The van der Waals surface area contributed by atoms with Crippen molar-refractivity contribution in [2.24, 2.45) is 0 Å². The van der Waals surface area contributed by atoms with Crippen molar-refractivity contribution in [3.05, 3.63) is 42.1 Å². The average molecular weight is 277 g/mol. The Morgan fingerprint density at radius 3 is 2.74 bits per heavy atom. The molecule has 2 aromatic rings. The second kappa shape index (κ2) is 5.17. The lowest BCUT2D eigenvalue weighted by Crippen LogP contribution is -2.46. The number of aromatic nitrogens is 1. The Bertz CT molecular complexity index is 605. The van der Waals surface area contributed by atoms with Crippen molar-refractivity contribution < 1.29 is 4.79 Å². The third-order valence-electron chi connectivity index (χ3n) is 3.42. The molecule has 0 N–H and O–H groups in total. The fraction of sp³-hybridized carbons (Fsp3) is 0.333. The van der Waals surface area contributed by atoms with Gasteiger partial charge in [-0.1, -0.05) is 12.1 Å². The number of halogens is 1. The van der Waals surface area contributed by atoms with E-state index in [1.54, 1.807) is 18.1 Å². The maximum Gasteiger partial charge on any atom is 0.254 e. The van der Waals surface area contributed by atoms with E-state index in [9.17, 15) is 4.79 Å². The average Bonchev–Trinajstić information content (AvgIpc) is 2.45. The number of pyridine rings is 1. The number of amides is 1. The lowest BCUT2D eigenvalue weighted by Gasteiger charge is -2.34. The van der Waals surface area contributed by atoms with E-state index in [1.807, 2.05) is 44.2 Å². The highest BCUT2D eigenvalue weighted by atomic mass is 35.5. The molecule has 0 atom stereocenters. The molecular weight excluding hydrogens is 260 g/mol. The van der Waals surface area contributed by atoms with Gasteiger partial charge in [-0.2, -0.15) is 0 Å². The van der Waals surface area contributed by atoms with Gasteiger partial charge in [-0.15, -0.1) is 11.6 Å². The summed E-state index contributed by atoms with van der Waals surface area (Å²) >= 11 is 5.93. The Balaban J connectivity index is 2.48. The van der Waals surface area contributed by atoms with Crippen LogP contribution in [0.3, 0.4) is 0 Å². The summed E-state index contributed by atoms with van der Waals surface area (Å²) < 4.78 is 0. The zero-order chi connectivity index (χ0) is 14.0. The molecule has 0 bridgehead atoms. The summed E-state index contributed by atoms with van der Waals surface area (Å²) in [5.41, 5.74) is 1.10. The van der Waals surface area contributed by atoms with Crippen molar-refractivity contribution >= 4 is 28.4 Å². The van der Waals surface area contributed by atoms with Crippen LogP contribution in [0.15, 0.2) is 36.5 Å². The van der Waals surface area contributed by atoms with Crippen molar-refractivity contribution in [1.82, 2.24) is 9.88 Å².